The molecule has 12 heteroatoms. The summed E-state index contributed by atoms with van der Waals surface area (Å²) in [5.74, 6) is 0.126. The van der Waals surface area contributed by atoms with Crippen LogP contribution in [0.25, 0.3) is 22.3 Å². The number of piperazine rings is 1. The molecule has 3 aromatic heterocycles. The highest BCUT2D eigenvalue weighted by Crippen LogP contribution is 2.32. The largest absolute Gasteiger partial charge is 0.367 e. The monoisotopic (exact) mass is 599 g/mol. The maximum atomic E-state index is 13.5. The highest BCUT2D eigenvalue weighted by Gasteiger charge is 2.26. The Hall–Kier alpha value is -4.48. The summed E-state index contributed by atoms with van der Waals surface area (Å²) in [7, 11) is 2.10. The van der Waals surface area contributed by atoms with E-state index in [4.69, 9.17) is 16.6 Å². The molecule has 0 atom stereocenters. The SMILES string of the molecule is C=CC(=O)Nc1cc(C(=O)N2CCC(Nc3ncc(Cl)c(-c4c[nH]c5ncccc45)n3)CC2)ccc1N1CCN(C)CC1. The van der Waals surface area contributed by atoms with E-state index in [2.05, 4.69) is 49.0 Å². The number of likely N-dealkylation sites (tertiary alicyclic amines) is 1. The van der Waals surface area contributed by atoms with Crippen molar-refractivity contribution in [2.75, 3.05) is 61.8 Å². The van der Waals surface area contributed by atoms with Gasteiger partial charge in [0.2, 0.25) is 11.9 Å². The van der Waals surface area contributed by atoms with Gasteiger partial charge >= 0.3 is 0 Å². The number of carbonyl (C=O) groups excluding carboxylic acids is 2. The summed E-state index contributed by atoms with van der Waals surface area (Å²) >= 11 is 6.49. The fraction of sp³-hybridized carbons (Fsp3) is 0.323. The zero-order valence-corrected chi connectivity index (χ0v) is 24.8. The zero-order chi connectivity index (χ0) is 29.9. The van der Waals surface area contributed by atoms with Crippen molar-refractivity contribution < 1.29 is 9.59 Å². The Labute approximate surface area is 255 Å². The third-order valence-electron chi connectivity index (χ3n) is 8.10. The second-order valence-corrected chi connectivity index (χ2v) is 11.3. The van der Waals surface area contributed by atoms with Crippen LogP contribution in [-0.4, -0.2) is 93.9 Å². The number of hydrogen-bond acceptors (Lipinski definition) is 8. The van der Waals surface area contributed by atoms with Gasteiger partial charge in [-0.05, 0) is 56.3 Å². The molecule has 2 fully saturated rings. The third-order valence-corrected chi connectivity index (χ3v) is 8.37. The number of H-pyrrole nitrogens is 1. The molecule has 2 amide bonds. The minimum Gasteiger partial charge on any atom is -0.367 e. The summed E-state index contributed by atoms with van der Waals surface area (Å²) in [5, 5.41) is 7.73. The smallest absolute Gasteiger partial charge is 0.253 e. The van der Waals surface area contributed by atoms with Crippen molar-refractivity contribution in [2.45, 2.75) is 18.9 Å². The first-order chi connectivity index (χ1) is 20.9. The molecule has 0 saturated carbocycles. The average molecular weight is 600 g/mol. The lowest BCUT2D eigenvalue weighted by Crippen LogP contribution is -2.45. The highest BCUT2D eigenvalue weighted by atomic mass is 35.5. The molecule has 0 radical (unpaired) electrons. The summed E-state index contributed by atoms with van der Waals surface area (Å²) in [5.41, 5.74) is 4.34. The van der Waals surface area contributed by atoms with Crippen molar-refractivity contribution in [1.82, 2.24) is 29.7 Å². The van der Waals surface area contributed by atoms with Crippen LogP contribution in [-0.2, 0) is 4.79 Å². The van der Waals surface area contributed by atoms with Crippen molar-refractivity contribution in [2.24, 2.45) is 0 Å². The van der Waals surface area contributed by atoms with Gasteiger partial charge < -0.3 is 30.3 Å². The number of nitrogens with one attached hydrogen (secondary N) is 3. The summed E-state index contributed by atoms with van der Waals surface area (Å²) in [6.07, 6.45) is 7.91. The molecule has 6 rings (SSSR count). The van der Waals surface area contributed by atoms with E-state index in [-0.39, 0.29) is 17.9 Å². The Morgan fingerprint density at radius 3 is 2.65 bits per heavy atom. The Balaban J connectivity index is 1.12. The Kier molecular flexibility index (Phi) is 8.26. The van der Waals surface area contributed by atoms with E-state index in [9.17, 15) is 9.59 Å². The lowest BCUT2D eigenvalue weighted by molar-refractivity contribution is -0.111. The normalized spacial score (nSPS) is 16.3. The Bertz CT molecular complexity index is 1660. The number of benzene rings is 1. The lowest BCUT2D eigenvalue weighted by atomic mass is 10.0. The molecule has 1 aromatic carbocycles. The molecular formula is C31H34ClN9O2. The maximum Gasteiger partial charge on any atom is 0.253 e. The number of halogens is 1. The number of nitrogens with zero attached hydrogens (tertiary/aromatic N) is 6. The summed E-state index contributed by atoms with van der Waals surface area (Å²) < 4.78 is 0. The van der Waals surface area contributed by atoms with Crippen LogP contribution in [0.15, 0.2) is 61.6 Å². The predicted molar refractivity (Wildman–Crippen MR) is 170 cm³/mol. The van der Waals surface area contributed by atoms with Gasteiger partial charge in [0.05, 0.1) is 28.3 Å². The van der Waals surface area contributed by atoms with Gasteiger partial charge in [-0.1, -0.05) is 18.2 Å². The summed E-state index contributed by atoms with van der Waals surface area (Å²) in [6.45, 7) is 8.30. The highest BCUT2D eigenvalue weighted by molar-refractivity contribution is 6.33. The van der Waals surface area contributed by atoms with Crippen LogP contribution in [0.4, 0.5) is 17.3 Å². The second-order valence-electron chi connectivity index (χ2n) is 10.9. The molecule has 4 aromatic rings. The van der Waals surface area contributed by atoms with Crippen molar-refractivity contribution in [1.29, 1.82) is 0 Å². The van der Waals surface area contributed by atoms with Crippen LogP contribution in [0.5, 0.6) is 0 Å². The van der Waals surface area contributed by atoms with E-state index in [1.165, 1.54) is 6.08 Å². The number of likely N-dealkylation sites (N-methyl/N-ethyl adjacent to an activating group) is 1. The number of pyridine rings is 1. The van der Waals surface area contributed by atoms with Gasteiger partial charge in [-0.2, -0.15) is 0 Å². The molecule has 0 unspecified atom stereocenters. The summed E-state index contributed by atoms with van der Waals surface area (Å²) in [4.78, 5) is 48.8. The number of rotatable bonds is 7. The van der Waals surface area contributed by atoms with E-state index in [0.29, 0.717) is 41.0 Å². The standard InChI is InChI=1S/C31H34ClN9O2/c1-3-27(42)37-25-17-20(6-7-26(25)40-15-13-39(2)14-16-40)30(43)41-11-8-21(9-12-41)36-31-35-19-24(32)28(38-31)23-18-34-29-22(23)5-4-10-33-29/h3-7,10,17-19,21H,1,8-9,11-16H2,2H3,(H,33,34)(H,37,42)(H,35,36,38). The van der Waals surface area contributed by atoms with Gasteiger partial charge in [0.15, 0.2) is 0 Å². The Morgan fingerprint density at radius 2 is 1.88 bits per heavy atom. The van der Waals surface area contributed by atoms with Gasteiger partial charge in [0, 0.05) is 74.2 Å². The van der Waals surface area contributed by atoms with Crippen LogP contribution >= 0.6 is 11.6 Å². The molecule has 3 N–H and O–H groups in total. The topological polar surface area (TPSA) is 122 Å². The van der Waals surface area contributed by atoms with E-state index in [0.717, 1.165) is 61.3 Å². The third kappa shape index (κ3) is 6.18. The Morgan fingerprint density at radius 1 is 1.09 bits per heavy atom. The number of aromatic nitrogens is 4. The van der Waals surface area contributed by atoms with Gasteiger partial charge in [-0.15, -0.1) is 0 Å². The molecule has 0 aliphatic carbocycles. The van der Waals surface area contributed by atoms with E-state index < -0.39 is 0 Å². The predicted octanol–water partition coefficient (Wildman–Crippen LogP) is 4.27. The molecule has 222 valence electrons. The fourth-order valence-corrected chi connectivity index (χ4v) is 5.84. The number of hydrogen-bond donors (Lipinski definition) is 3. The minimum absolute atomic E-state index is 0.0598. The lowest BCUT2D eigenvalue weighted by Gasteiger charge is -2.35. The first kappa shape index (κ1) is 28.6. The van der Waals surface area contributed by atoms with Crippen LogP contribution in [0.3, 0.4) is 0 Å². The molecule has 5 heterocycles. The fourth-order valence-electron chi connectivity index (χ4n) is 5.65. The van der Waals surface area contributed by atoms with Crippen molar-refractivity contribution in [3.05, 3.63) is 72.2 Å². The van der Waals surface area contributed by atoms with Crippen molar-refractivity contribution >= 4 is 51.8 Å². The van der Waals surface area contributed by atoms with Crippen LogP contribution in [0.2, 0.25) is 5.02 Å². The molecule has 43 heavy (non-hydrogen) atoms. The van der Waals surface area contributed by atoms with Gasteiger partial charge in [0.1, 0.15) is 5.65 Å². The second kappa shape index (κ2) is 12.4. The zero-order valence-electron chi connectivity index (χ0n) is 24.0. The van der Waals surface area contributed by atoms with Gasteiger partial charge in [-0.3, -0.25) is 9.59 Å². The van der Waals surface area contributed by atoms with Gasteiger partial charge in [-0.25, -0.2) is 15.0 Å². The van der Waals surface area contributed by atoms with Crippen LogP contribution in [0, 0.1) is 0 Å². The quantitative estimate of drug-likeness (QED) is 0.269. The van der Waals surface area contributed by atoms with E-state index in [1.807, 2.05) is 35.4 Å². The maximum absolute atomic E-state index is 13.5. The molecule has 2 aliphatic heterocycles. The number of piperidine rings is 1. The van der Waals surface area contributed by atoms with E-state index >= 15 is 0 Å². The molecule has 0 spiro atoms. The van der Waals surface area contributed by atoms with Crippen molar-refractivity contribution in [3.63, 3.8) is 0 Å². The number of carbonyl (C=O) groups is 2. The average Bonchev–Trinajstić information content (AvgIpc) is 3.46. The number of anilines is 3. The molecule has 2 saturated heterocycles. The number of amides is 2. The molecular weight excluding hydrogens is 566 g/mol. The van der Waals surface area contributed by atoms with Crippen LogP contribution in [0.1, 0.15) is 23.2 Å². The first-order valence-corrected chi connectivity index (χ1v) is 14.8. The number of aromatic amines is 1. The first-order valence-electron chi connectivity index (χ1n) is 14.4. The summed E-state index contributed by atoms with van der Waals surface area (Å²) in [6, 6.07) is 9.53. The minimum atomic E-state index is -0.305. The molecule has 2 aliphatic rings. The van der Waals surface area contributed by atoms with Crippen LogP contribution < -0.4 is 15.5 Å². The molecule has 11 nitrogen and oxygen atoms in total. The molecule has 0 bridgehead atoms. The van der Waals surface area contributed by atoms with Gasteiger partial charge in [0.25, 0.3) is 5.91 Å². The van der Waals surface area contributed by atoms with Crippen molar-refractivity contribution in [3.8, 4) is 11.3 Å². The van der Waals surface area contributed by atoms with E-state index in [1.54, 1.807) is 18.5 Å². The number of fused-ring (bicyclic) bond motifs is 1.